The summed E-state index contributed by atoms with van der Waals surface area (Å²) in [6, 6.07) is 3.63. The number of benzene rings is 1. The molecule has 0 unspecified atom stereocenters. The third kappa shape index (κ3) is 4.72. The van der Waals surface area contributed by atoms with Gasteiger partial charge in [0.05, 0.1) is 7.11 Å². The van der Waals surface area contributed by atoms with Crippen molar-refractivity contribution in [2.24, 2.45) is 0 Å². The molecule has 2 N–H and O–H groups in total. The van der Waals surface area contributed by atoms with E-state index in [1.54, 1.807) is 6.07 Å². The molecule has 94 valence electrons. The minimum Gasteiger partial charge on any atom is -0.497 e. The maximum atomic E-state index is 13.2. The van der Waals surface area contributed by atoms with Crippen molar-refractivity contribution >= 4 is 11.7 Å². The number of carbonyl (C=O) groups is 1. The zero-order valence-corrected chi connectivity index (χ0v) is 10.4. The first-order valence-electron chi connectivity index (χ1n) is 5.24. The Hall–Kier alpha value is -1.78. The van der Waals surface area contributed by atoms with Crippen molar-refractivity contribution in [3.05, 3.63) is 24.0 Å². The molecule has 1 aromatic rings. The number of hydrogen-bond acceptors (Lipinski definition) is 2. The molecule has 5 heteroatoms. The topological polar surface area (TPSA) is 50.4 Å². The number of anilines is 1. The van der Waals surface area contributed by atoms with Gasteiger partial charge in [-0.1, -0.05) is 0 Å². The van der Waals surface area contributed by atoms with Gasteiger partial charge in [0, 0.05) is 23.4 Å². The van der Waals surface area contributed by atoms with E-state index in [2.05, 4.69) is 10.6 Å². The lowest BCUT2D eigenvalue weighted by Gasteiger charge is -2.20. The Morgan fingerprint density at radius 2 is 1.94 bits per heavy atom. The van der Waals surface area contributed by atoms with Gasteiger partial charge in [-0.3, -0.25) is 0 Å². The highest BCUT2D eigenvalue weighted by atomic mass is 19.1. The second-order valence-electron chi connectivity index (χ2n) is 4.71. The molecule has 0 radical (unpaired) electrons. The second kappa shape index (κ2) is 5.03. The number of amides is 2. The molecule has 0 aromatic heterocycles. The van der Waals surface area contributed by atoms with Gasteiger partial charge in [0.25, 0.3) is 0 Å². The third-order valence-corrected chi connectivity index (χ3v) is 1.85. The first kappa shape index (κ1) is 13.3. The summed E-state index contributed by atoms with van der Waals surface area (Å²) in [5, 5.41) is 5.26. The van der Waals surface area contributed by atoms with Crippen molar-refractivity contribution in [3.8, 4) is 5.75 Å². The fraction of sp³-hybridized carbons (Fsp3) is 0.417. The normalized spacial score (nSPS) is 10.9. The molecular weight excluding hydrogens is 223 g/mol. The van der Waals surface area contributed by atoms with Gasteiger partial charge in [0.15, 0.2) is 0 Å². The Bertz CT molecular complexity index is 413. The number of nitrogens with one attached hydrogen (secondary N) is 2. The largest absolute Gasteiger partial charge is 0.497 e. The highest BCUT2D eigenvalue weighted by Crippen LogP contribution is 2.19. The molecule has 0 fully saturated rings. The highest BCUT2D eigenvalue weighted by molar-refractivity contribution is 5.89. The summed E-state index contributed by atoms with van der Waals surface area (Å²) in [5.74, 6) is -0.105. The Balaban J connectivity index is 2.74. The molecule has 2 amide bonds. The van der Waals surface area contributed by atoms with Crippen LogP contribution < -0.4 is 15.4 Å². The number of carbonyl (C=O) groups excluding carboxylic acids is 1. The van der Waals surface area contributed by atoms with Crippen LogP contribution in [0.25, 0.3) is 0 Å². The summed E-state index contributed by atoms with van der Waals surface area (Å²) >= 11 is 0. The molecule has 0 saturated carbocycles. The van der Waals surface area contributed by atoms with Gasteiger partial charge in [-0.15, -0.1) is 0 Å². The zero-order valence-electron chi connectivity index (χ0n) is 10.4. The fourth-order valence-corrected chi connectivity index (χ4v) is 1.26. The molecule has 4 nitrogen and oxygen atoms in total. The maximum absolute atomic E-state index is 13.2. The maximum Gasteiger partial charge on any atom is 0.319 e. The van der Waals surface area contributed by atoms with Crippen LogP contribution in [0.3, 0.4) is 0 Å². The lowest BCUT2D eigenvalue weighted by atomic mass is 10.1. The number of halogens is 1. The lowest BCUT2D eigenvalue weighted by Crippen LogP contribution is -2.43. The summed E-state index contributed by atoms with van der Waals surface area (Å²) in [6.07, 6.45) is 0. The van der Waals surface area contributed by atoms with Crippen LogP contribution in [0.5, 0.6) is 5.75 Å². The van der Waals surface area contributed by atoms with Crippen molar-refractivity contribution in [1.29, 1.82) is 0 Å². The van der Waals surface area contributed by atoms with E-state index < -0.39 is 5.82 Å². The van der Waals surface area contributed by atoms with Crippen LogP contribution in [-0.4, -0.2) is 18.7 Å². The lowest BCUT2D eigenvalue weighted by molar-refractivity contribution is 0.244. The van der Waals surface area contributed by atoms with Crippen molar-refractivity contribution in [1.82, 2.24) is 5.32 Å². The molecule has 1 rings (SSSR count). The number of hydrogen-bond donors (Lipinski definition) is 2. The van der Waals surface area contributed by atoms with E-state index in [4.69, 9.17) is 4.74 Å². The Morgan fingerprint density at radius 3 is 2.47 bits per heavy atom. The summed E-state index contributed by atoms with van der Waals surface area (Å²) in [5.41, 5.74) is 0.00482. The summed E-state index contributed by atoms with van der Waals surface area (Å²) in [7, 11) is 1.44. The van der Waals surface area contributed by atoms with E-state index in [-0.39, 0.29) is 11.6 Å². The molecule has 17 heavy (non-hydrogen) atoms. The quantitative estimate of drug-likeness (QED) is 0.835. The SMILES string of the molecule is COc1cc(F)cc(NC(=O)NC(C)(C)C)c1. The predicted octanol–water partition coefficient (Wildman–Crippen LogP) is 2.75. The second-order valence-corrected chi connectivity index (χ2v) is 4.71. The number of ether oxygens (including phenoxy) is 1. The van der Waals surface area contributed by atoms with Crippen molar-refractivity contribution < 1.29 is 13.9 Å². The van der Waals surface area contributed by atoms with Crippen LogP contribution in [0.1, 0.15) is 20.8 Å². The molecule has 0 atom stereocenters. The number of methoxy groups -OCH3 is 1. The molecule has 0 saturated heterocycles. The van der Waals surface area contributed by atoms with Crippen LogP contribution >= 0.6 is 0 Å². The van der Waals surface area contributed by atoms with Crippen LogP contribution in [-0.2, 0) is 0 Å². The number of urea groups is 1. The molecule has 1 aromatic carbocycles. The summed E-state index contributed by atoms with van der Waals surface area (Å²) in [6.45, 7) is 5.58. The predicted molar refractivity (Wildman–Crippen MR) is 64.9 cm³/mol. The van der Waals surface area contributed by atoms with Gasteiger partial charge >= 0.3 is 6.03 Å². The van der Waals surface area contributed by atoms with Crippen molar-refractivity contribution in [3.63, 3.8) is 0 Å². The number of rotatable bonds is 2. The summed E-state index contributed by atoms with van der Waals surface area (Å²) < 4.78 is 18.1. The highest BCUT2D eigenvalue weighted by Gasteiger charge is 2.14. The minimum atomic E-state index is -0.463. The van der Waals surface area contributed by atoms with E-state index in [9.17, 15) is 9.18 Å². The van der Waals surface area contributed by atoms with Crippen LogP contribution in [0.2, 0.25) is 0 Å². The molecule has 0 aliphatic carbocycles. The Labute approximate surface area is 100 Å². The summed E-state index contributed by atoms with van der Waals surface area (Å²) in [4.78, 5) is 11.6. The fourth-order valence-electron chi connectivity index (χ4n) is 1.26. The monoisotopic (exact) mass is 240 g/mol. The van der Waals surface area contributed by atoms with Gasteiger partial charge < -0.3 is 15.4 Å². The van der Waals surface area contributed by atoms with Gasteiger partial charge in [-0.05, 0) is 26.8 Å². The third-order valence-electron chi connectivity index (χ3n) is 1.85. The molecule has 0 bridgehead atoms. The first-order chi connectivity index (χ1) is 7.80. The molecular formula is C12H17FN2O2. The van der Waals surface area contributed by atoms with Crippen LogP contribution in [0.15, 0.2) is 18.2 Å². The molecule has 0 spiro atoms. The minimum absolute atomic E-state index is 0.346. The van der Waals surface area contributed by atoms with Crippen LogP contribution in [0, 0.1) is 5.82 Å². The van der Waals surface area contributed by atoms with Crippen molar-refractivity contribution in [2.45, 2.75) is 26.3 Å². The van der Waals surface area contributed by atoms with Gasteiger partial charge in [-0.2, -0.15) is 0 Å². The van der Waals surface area contributed by atoms with Crippen LogP contribution in [0.4, 0.5) is 14.9 Å². The smallest absolute Gasteiger partial charge is 0.319 e. The first-order valence-corrected chi connectivity index (χ1v) is 5.24. The zero-order chi connectivity index (χ0) is 13.1. The van der Waals surface area contributed by atoms with Crippen molar-refractivity contribution in [2.75, 3.05) is 12.4 Å². The Morgan fingerprint density at radius 1 is 1.29 bits per heavy atom. The van der Waals surface area contributed by atoms with E-state index in [1.165, 1.54) is 19.2 Å². The standard InChI is InChI=1S/C12H17FN2O2/c1-12(2,3)15-11(16)14-9-5-8(13)6-10(7-9)17-4/h5-7H,1-4H3,(H2,14,15,16). The molecule has 0 aliphatic rings. The van der Waals surface area contributed by atoms with Gasteiger partial charge in [0.1, 0.15) is 11.6 Å². The van der Waals surface area contributed by atoms with Gasteiger partial charge in [-0.25, -0.2) is 9.18 Å². The Kier molecular flexibility index (Phi) is 3.93. The van der Waals surface area contributed by atoms with Gasteiger partial charge in [0.2, 0.25) is 0 Å². The molecule has 0 aliphatic heterocycles. The van der Waals surface area contributed by atoms with E-state index in [0.29, 0.717) is 11.4 Å². The molecule has 0 heterocycles. The van der Waals surface area contributed by atoms with E-state index in [0.717, 1.165) is 0 Å². The van der Waals surface area contributed by atoms with E-state index in [1.807, 2.05) is 20.8 Å². The average Bonchev–Trinajstić information content (AvgIpc) is 2.13. The average molecular weight is 240 g/mol. The van der Waals surface area contributed by atoms with E-state index >= 15 is 0 Å².